The number of carbonyl (C=O) groups is 3. The Kier molecular flexibility index (Phi) is 4.87. The summed E-state index contributed by atoms with van der Waals surface area (Å²) in [7, 11) is 0. The van der Waals surface area contributed by atoms with Gasteiger partial charge in [0, 0.05) is 23.7 Å². The van der Waals surface area contributed by atoms with Gasteiger partial charge in [-0.1, -0.05) is 29.8 Å². The van der Waals surface area contributed by atoms with E-state index >= 15 is 0 Å². The summed E-state index contributed by atoms with van der Waals surface area (Å²) in [5.41, 5.74) is 0.438. The zero-order chi connectivity index (χ0) is 25.3. The Bertz CT molecular complexity index is 1500. The van der Waals surface area contributed by atoms with Crippen LogP contribution in [-0.4, -0.2) is 57.4 Å². The first-order chi connectivity index (χ1) is 17.3. The minimum Gasteiger partial charge on any atom is -0.317 e. The van der Waals surface area contributed by atoms with Gasteiger partial charge >= 0.3 is 12.1 Å². The van der Waals surface area contributed by atoms with E-state index in [1.807, 2.05) is 0 Å². The first-order valence-electron chi connectivity index (χ1n) is 11.1. The van der Waals surface area contributed by atoms with Crippen LogP contribution in [0.1, 0.15) is 6.42 Å². The Morgan fingerprint density at radius 1 is 1.11 bits per heavy atom. The Labute approximate surface area is 208 Å². The average molecular weight is 510 g/mol. The fraction of sp³-hybridized carbons (Fsp3) is 0.208. The summed E-state index contributed by atoms with van der Waals surface area (Å²) in [4.78, 5) is 55.0. The number of nitro groups is 1. The number of nitrogens with one attached hydrogen (secondary N) is 1. The lowest BCUT2D eigenvalue weighted by molar-refractivity contribution is -0.383. The lowest BCUT2D eigenvalue weighted by Gasteiger charge is -2.34. The zero-order valence-electron chi connectivity index (χ0n) is 18.4. The highest BCUT2D eigenvalue weighted by molar-refractivity contribution is 6.31. The van der Waals surface area contributed by atoms with Crippen LogP contribution in [0.3, 0.4) is 0 Å². The molecule has 0 saturated carbocycles. The lowest BCUT2D eigenvalue weighted by Crippen LogP contribution is -2.55. The molecule has 36 heavy (non-hydrogen) atoms. The number of halogens is 2. The van der Waals surface area contributed by atoms with Crippen molar-refractivity contribution in [1.82, 2.24) is 9.80 Å². The molecule has 3 aliphatic rings. The third kappa shape index (κ3) is 3.12. The summed E-state index contributed by atoms with van der Waals surface area (Å²) in [6.07, 6.45) is 0.453. The molecule has 0 unspecified atom stereocenters. The molecule has 5 amide bonds. The number of hydrogen-bond donors (Lipinski definition) is 1. The van der Waals surface area contributed by atoms with Crippen LogP contribution in [0.5, 0.6) is 0 Å². The molecular formula is C24H17ClFN5O5. The van der Waals surface area contributed by atoms with Gasteiger partial charge in [0.15, 0.2) is 0 Å². The number of rotatable bonds is 3. The number of carbonyl (C=O) groups excluding carboxylic acids is 3. The number of hydrogen-bond acceptors (Lipinski definition) is 5. The number of anilines is 2. The molecule has 3 saturated heterocycles. The fourth-order valence-electron chi connectivity index (χ4n) is 5.50. The van der Waals surface area contributed by atoms with Crippen molar-refractivity contribution in [3.8, 4) is 0 Å². The maximum atomic E-state index is 13.6. The Morgan fingerprint density at radius 2 is 1.86 bits per heavy atom. The molecule has 0 spiro atoms. The second kappa shape index (κ2) is 7.89. The van der Waals surface area contributed by atoms with Crippen LogP contribution in [0, 0.1) is 15.9 Å². The van der Waals surface area contributed by atoms with E-state index in [1.54, 1.807) is 24.3 Å². The van der Waals surface area contributed by atoms with E-state index in [9.17, 15) is 28.9 Å². The minimum atomic E-state index is -0.868. The van der Waals surface area contributed by atoms with E-state index in [4.69, 9.17) is 11.6 Å². The highest BCUT2D eigenvalue weighted by atomic mass is 35.5. The number of likely N-dealkylation sites (tertiary alicyclic amines) is 1. The summed E-state index contributed by atoms with van der Waals surface area (Å²) in [5.74, 6) is -1.10. The van der Waals surface area contributed by atoms with Crippen molar-refractivity contribution in [3.63, 3.8) is 0 Å². The van der Waals surface area contributed by atoms with E-state index < -0.39 is 40.8 Å². The van der Waals surface area contributed by atoms with Crippen molar-refractivity contribution in [2.45, 2.75) is 24.5 Å². The smallest absolute Gasteiger partial charge is 0.317 e. The molecular weight excluding hydrogens is 493 g/mol. The molecule has 0 aromatic heterocycles. The van der Waals surface area contributed by atoms with E-state index in [1.165, 1.54) is 34.1 Å². The van der Waals surface area contributed by atoms with Crippen LogP contribution in [0.2, 0.25) is 5.02 Å². The van der Waals surface area contributed by atoms with Crippen LogP contribution < -0.4 is 10.2 Å². The largest absolute Gasteiger partial charge is 0.332 e. The summed E-state index contributed by atoms with van der Waals surface area (Å²) in [6, 6.07) is 10.3. The summed E-state index contributed by atoms with van der Waals surface area (Å²) < 4.78 is 13.5. The molecule has 2 bridgehead atoms. The molecule has 3 fully saturated rings. The standard InChI is InChI=1S/C24H17ClFN5O5/c25-16-9-12(5-6-17(16)26)27-23(33)28-11-13-10-20(28)21-22(32)30(24(34)29(13)21)18-7-8-19(31(35)36)15-4-2-1-3-14(15)18/h1-9,13,20-21H,10-11H2,(H,27,33)/t13-,20-,21+/m0/s1. The number of urea groups is 2. The number of imide groups is 1. The van der Waals surface area contributed by atoms with Crippen LogP contribution >= 0.6 is 11.6 Å². The Morgan fingerprint density at radius 3 is 2.58 bits per heavy atom. The second-order valence-electron chi connectivity index (χ2n) is 8.88. The van der Waals surface area contributed by atoms with Gasteiger partial charge in [-0.2, -0.15) is 0 Å². The Balaban J connectivity index is 1.30. The monoisotopic (exact) mass is 509 g/mol. The van der Waals surface area contributed by atoms with Crippen LogP contribution in [-0.2, 0) is 4.79 Å². The van der Waals surface area contributed by atoms with Crippen LogP contribution in [0.25, 0.3) is 10.8 Å². The van der Waals surface area contributed by atoms with Crippen LogP contribution in [0.15, 0.2) is 54.6 Å². The molecule has 10 nitrogen and oxygen atoms in total. The molecule has 6 rings (SSSR count). The van der Waals surface area contributed by atoms with Gasteiger partial charge in [0.2, 0.25) is 0 Å². The number of nitro benzene ring substituents is 1. The Hall–Kier alpha value is -4.25. The van der Waals surface area contributed by atoms with Gasteiger partial charge in [0.25, 0.3) is 11.6 Å². The van der Waals surface area contributed by atoms with Crippen molar-refractivity contribution in [3.05, 3.63) is 75.6 Å². The van der Waals surface area contributed by atoms with Crippen molar-refractivity contribution in [2.75, 3.05) is 16.8 Å². The maximum Gasteiger partial charge on any atom is 0.332 e. The SMILES string of the molecule is O=C1[C@H]2[C@@H]3C[C@@H](CN3C(=O)Nc3ccc(F)c(Cl)c3)N2C(=O)N1c1ccc([N+](=O)[O-])c2ccccc12. The van der Waals surface area contributed by atoms with Crippen molar-refractivity contribution in [2.24, 2.45) is 0 Å². The molecule has 0 aliphatic carbocycles. The number of fused-ring (bicyclic) bond motifs is 6. The first-order valence-corrected chi connectivity index (χ1v) is 11.5. The third-order valence-electron chi connectivity index (χ3n) is 7.01. The third-order valence-corrected chi connectivity index (χ3v) is 7.30. The van der Waals surface area contributed by atoms with Gasteiger partial charge < -0.3 is 15.1 Å². The molecule has 182 valence electrons. The van der Waals surface area contributed by atoms with Crippen molar-refractivity contribution < 1.29 is 23.7 Å². The highest BCUT2D eigenvalue weighted by Crippen LogP contribution is 2.44. The molecule has 12 heteroatoms. The summed E-state index contributed by atoms with van der Waals surface area (Å²) in [5, 5.41) is 14.7. The predicted octanol–water partition coefficient (Wildman–Crippen LogP) is 4.37. The average Bonchev–Trinajstić information content (AvgIpc) is 3.52. The molecule has 0 radical (unpaired) electrons. The molecule has 3 atom stereocenters. The summed E-state index contributed by atoms with van der Waals surface area (Å²) >= 11 is 5.80. The quantitative estimate of drug-likeness (QED) is 0.320. The molecule has 3 heterocycles. The molecule has 3 aromatic rings. The summed E-state index contributed by atoms with van der Waals surface area (Å²) in [6.45, 7) is 0.232. The number of non-ortho nitro benzene ring substituents is 1. The van der Waals surface area contributed by atoms with Gasteiger partial charge in [-0.05, 0) is 36.8 Å². The molecule has 1 N–H and O–H groups in total. The fourth-order valence-corrected chi connectivity index (χ4v) is 5.68. The minimum absolute atomic E-state index is 0.127. The zero-order valence-corrected chi connectivity index (χ0v) is 19.2. The predicted molar refractivity (Wildman–Crippen MR) is 128 cm³/mol. The number of amides is 5. The highest BCUT2D eigenvalue weighted by Gasteiger charge is 2.63. The van der Waals surface area contributed by atoms with Gasteiger partial charge in [0.1, 0.15) is 11.9 Å². The van der Waals surface area contributed by atoms with Gasteiger partial charge in [-0.25, -0.2) is 18.9 Å². The number of piperazine rings is 1. The molecule has 3 aromatic carbocycles. The lowest BCUT2D eigenvalue weighted by atomic mass is 10.0. The number of nitrogens with zero attached hydrogens (tertiary/aromatic N) is 4. The number of benzene rings is 3. The van der Waals surface area contributed by atoms with Crippen molar-refractivity contribution in [1.29, 1.82) is 0 Å². The van der Waals surface area contributed by atoms with Gasteiger partial charge in [-0.3, -0.25) is 14.9 Å². The van der Waals surface area contributed by atoms with Gasteiger partial charge in [-0.15, -0.1) is 0 Å². The van der Waals surface area contributed by atoms with E-state index in [-0.39, 0.29) is 29.0 Å². The normalized spacial score (nSPS) is 22.5. The van der Waals surface area contributed by atoms with Crippen LogP contribution in [0.4, 0.5) is 31.0 Å². The van der Waals surface area contributed by atoms with Gasteiger partial charge in [0.05, 0.1) is 33.1 Å². The second-order valence-corrected chi connectivity index (χ2v) is 9.29. The molecule has 3 aliphatic heterocycles. The van der Waals surface area contributed by atoms with E-state index in [0.29, 0.717) is 22.9 Å². The van der Waals surface area contributed by atoms with E-state index in [2.05, 4.69) is 5.32 Å². The van der Waals surface area contributed by atoms with Crippen molar-refractivity contribution >= 4 is 57.4 Å². The first kappa shape index (κ1) is 22.2. The van der Waals surface area contributed by atoms with E-state index in [0.717, 1.165) is 11.0 Å². The maximum absolute atomic E-state index is 13.6. The topological polar surface area (TPSA) is 116 Å².